The van der Waals surface area contributed by atoms with Gasteiger partial charge in [0, 0.05) is 24.4 Å². The van der Waals surface area contributed by atoms with Crippen molar-refractivity contribution in [1.82, 2.24) is 0 Å². The predicted octanol–water partition coefficient (Wildman–Crippen LogP) is 1.92. The number of hydrogen-bond donors (Lipinski definition) is 2. The van der Waals surface area contributed by atoms with Crippen LogP contribution in [-0.4, -0.2) is 30.2 Å². The average Bonchev–Trinajstić information content (AvgIpc) is 3.00. The standard InChI is InChI=1S/C13H20N2OS/c1-17(8-9-17)10-11-2-4-12(5-3-11)15-13(16)6-7-14/h2-5H,6-10,14H2,1H3,(H,15,16). The molecule has 1 aliphatic heterocycles. The first-order valence-electron chi connectivity index (χ1n) is 5.92. The minimum absolute atomic E-state index is 0.0139. The first-order chi connectivity index (χ1) is 8.11. The maximum atomic E-state index is 11.3. The van der Waals surface area contributed by atoms with Crippen LogP contribution in [0.15, 0.2) is 24.3 Å². The second kappa shape index (κ2) is 5.10. The Morgan fingerprint density at radius 3 is 2.53 bits per heavy atom. The van der Waals surface area contributed by atoms with Crippen LogP contribution in [-0.2, 0) is 10.5 Å². The minimum Gasteiger partial charge on any atom is -0.330 e. The molecule has 0 bridgehead atoms. The average molecular weight is 252 g/mol. The summed E-state index contributed by atoms with van der Waals surface area (Å²) in [5.41, 5.74) is 7.58. The lowest BCUT2D eigenvalue weighted by Crippen LogP contribution is -2.16. The van der Waals surface area contributed by atoms with Gasteiger partial charge in [-0.15, -0.1) is 0 Å². The smallest absolute Gasteiger partial charge is 0.225 e. The summed E-state index contributed by atoms with van der Waals surface area (Å²) in [4.78, 5) is 11.3. The molecule has 4 heteroatoms. The van der Waals surface area contributed by atoms with E-state index in [4.69, 9.17) is 5.73 Å². The van der Waals surface area contributed by atoms with Gasteiger partial charge < -0.3 is 11.1 Å². The Morgan fingerprint density at radius 2 is 2.00 bits per heavy atom. The topological polar surface area (TPSA) is 55.1 Å². The summed E-state index contributed by atoms with van der Waals surface area (Å²) in [5.74, 6) is 4.05. The number of rotatable bonds is 5. The zero-order valence-corrected chi connectivity index (χ0v) is 11.1. The maximum Gasteiger partial charge on any atom is 0.225 e. The zero-order valence-electron chi connectivity index (χ0n) is 10.2. The monoisotopic (exact) mass is 252 g/mol. The fourth-order valence-corrected chi connectivity index (χ4v) is 4.15. The van der Waals surface area contributed by atoms with Crippen molar-refractivity contribution in [2.45, 2.75) is 12.2 Å². The summed E-state index contributed by atoms with van der Waals surface area (Å²) in [7, 11) is -0.276. The highest BCUT2D eigenvalue weighted by Gasteiger charge is 2.30. The number of hydrogen-bond acceptors (Lipinski definition) is 2. The third kappa shape index (κ3) is 3.75. The quantitative estimate of drug-likeness (QED) is 0.787. The fraction of sp³-hybridized carbons (Fsp3) is 0.462. The van der Waals surface area contributed by atoms with E-state index < -0.39 is 0 Å². The van der Waals surface area contributed by atoms with E-state index in [1.54, 1.807) is 0 Å². The Balaban J connectivity index is 1.91. The van der Waals surface area contributed by atoms with Gasteiger partial charge in [-0.2, -0.15) is 0 Å². The second-order valence-electron chi connectivity index (χ2n) is 4.81. The van der Waals surface area contributed by atoms with E-state index in [1.165, 1.54) is 22.8 Å². The summed E-state index contributed by atoms with van der Waals surface area (Å²) >= 11 is 0. The van der Waals surface area contributed by atoms with Crippen LogP contribution in [0.4, 0.5) is 5.69 Å². The van der Waals surface area contributed by atoms with Crippen molar-refractivity contribution in [3.63, 3.8) is 0 Å². The van der Waals surface area contributed by atoms with Gasteiger partial charge in [-0.25, -0.2) is 10.0 Å². The van der Waals surface area contributed by atoms with Crippen molar-refractivity contribution in [3.8, 4) is 0 Å². The van der Waals surface area contributed by atoms with Gasteiger partial charge in [0.2, 0.25) is 5.91 Å². The van der Waals surface area contributed by atoms with Gasteiger partial charge in [0.05, 0.1) is 0 Å². The molecule has 1 heterocycles. The number of anilines is 1. The number of carbonyl (C=O) groups is 1. The van der Waals surface area contributed by atoms with Gasteiger partial charge in [-0.05, 0) is 35.5 Å². The number of benzene rings is 1. The first kappa shape index (κ1) is 12.5. The van der Waals surface area contributed by atoms with Gasteiger partial charge in [0.25, 0.3) is 0 Å². The fourth-order valence-electron chi connectivity index (χ4n) is 1.73. The van der Waals surface area contributed by atoms with E-state index in [9.17, 15) is 4.79 Å². The van der Waals surface area contributed by atoms with Crippen molar-refractivity contribution in [3.05, 3.63) is 29.8 Å². The van der Waals surface area contributed by atoms with Crippen LogP contribution >= 0.6 is 10.0 Å². The molecule has 3 N–H and O–H groups in total. The van der Waals surface area contributed by atoms with E-state index >= 15 is 0 Å². The molecule has 1 fully saturated rings. The third-order valence-electron chi connectivity index (χ3n) is 3.03. The molecule has 1 amide bonds. The highest BCUT2D eigenvalue weighted by molar-refractivity contribution is 8.38. The molecule has 3 nitrogen and oxygen atoms in total. The molecule has 0 atom stereocenters. The molecule has 0 unspecified atom stereocenters. The van der Waals surface area contributed by atoms with Crippen molar-refractivity contribution >= 4 is 21.6 Å². The number of amides is 1. The van der Waals surface area contributed by atoms with Crippen LogP contribution in [0.25, 0.3) is 0 Å². The van der Waals surface area contributed by atoms with Crippen LogP contribution in [0.3, 0.4) is 0 Å². The highest BCUT2D eigenvalue weighted by Crippen LogP contribution is 2.60. The summed E-state index contributed by atoms with van der Waals surface area (Å²) in [6, 6.07) is 8.20. The van der Waals surface area contributed by atoms with E-state index in [2.05, 4.69) is 23.7 Å². The maximum absolute atomic E-state index is 11.3. The lowest BCUT2D eigenvalue weighted by Gasteiger charge is -2.13. The zero-order chi connectivity index (χ0) is 12.3. The third-order valence-corrected chi connectivity index (χ3v) is 5.86. The van der Waals surface area contributed by atoms with Crippen molar-refractivity contribution in [2.75, 3.05) is 29.6 Å². The van der Waals surface area contributed by atoms with Gasteiger partial charge in [0.1, 0.15) is 0 Å². The Hall–Kier alpha value is -1.00. The molecule has 0 saturated carbocycles. The second-order valence-corrected chi connectivity index (χ2v) is 8.88. The van der Waals surface area contributed by atoms with Crippen LogP contribution < -0.4 is 11.1 Å². The predicted molar refractivity (Wildman–Crippen MR) is 75.7 cm³/mol. The largest absolute Gasteiger partial charge is 0.330 e. The van der Waals surface area contributed by atoms with Crippen molar-refractivity contribution in [1.29, 1.82) is 0 Å². The number of nitrogens with one attached hydrogen (secondary N) is 1. The summed E-state index contributed by atoms with van der Waals surface area (Å²) in [6.07, 6.45) is 2.79. The molecular formula is C13H20N2OS. The molecule has 1 aliphatic rings. The summed E-state index contributed by atoms with van der Waals surface area (Å²) in [6.45, 7) is 0.394. The molecule has 1 saturated heterocycles. The molecule has 0 aliphatic carbocycles. The van der Waals surface area contributed by atoms with Crippen LogP contribution in [0.1, 0.15) is 12.0 Å². The normalized spacial score (nSPS) is 18.5. The Morgan fingerprint density at radius 1 is 1.35 bits per heavy atom. The molecule has 0 aromatic heterocycles. The molecule has 17 heavy (non-hydrogen) atoms. The van der Waals surface area contributed by atoms with Gasteiger partial charge >= 0.3 is 0 Å². The Labute approximate surface area is 104 Å². The first-order valence-corrected chi connectivity index (χ1v) is 8.46. The van der Waals surface area contributed by atoms with Crippen LogP contribution in [0.2, 0.25) is 0 Å². The van der Waals surface area contributed by atoms with Crippen LogP contribution in [0, 0.1) is 0 Å². The lowest BCUT2D eigenvalue weighted by atomic mass is 10.2. The molecular weight excluding hydrogens is 232 g/mol. The van der Waals surface area contributed by atoms with E-state index in [1.807, 2.05) is 12.1 Å². The van der Waals surface area contributed by atoms with Gasteiger partial charge in [-0.3, -0.25) is 4.79 Å². The molecule has 0 radical (unpaired) electrons. The van der Waals surface area contributed by atoms with Crippen molar-refractivity contribution < 1.29 is 4.79 Å². The lowest BCUT2D eigenvalue weighted by molar-refractivity contribution is -0.116. The molecule has 1 aromatic carbocycles. The minimum atomic E-state index is -0.276. The van der Waals surface area contributed by atoms with Gasteiger partial charge in [0.15, 0.2) is 0 Å². The summed E-state index contributed by atoms with van der Waals surface area (Å²) < 4.78 is 0. The van der Waals surface area contributed by atoms with E-state index in [0.29, 0.717) is 13.0 Å². The molecule has 1 aromatic rings. The van der Waals surface area contributed by atoms with E-state index in [-0.39, 0.29) is 15.9 Å². The van der Waals surface area contributed by atoms with Crippen molar-refractivity contribution in [2.24, 2.45) is 5.73 Å². The Bertz CT molecular complexity index is 398. The summed E-state index contributed by atoms with van der Waals surface area (Å²) in [5, 5.41) is 2.84. The molecule has 0 spiro atoms. The van der Waals surface area contributed by atoms with E-state index in [0.717, 1.165) is 5.69 Å². The molecule has 2 rings (SSSR count). The SMILES string of the molecule is CS1(Cc2ccc(NC(=O)CCN)cc2)CC1. The Kier molecular flexibility index (Phi) is 3.74. The molecule has 94 valence electrons. The van der Waals surface area contributed by atoms with Gasteiger partial charge in [-0.1, -0.05) is 12.1 Å². The number of nitrogens with two attached hydrogens (primary N) is 1. The highest BCUT2D eigenvalue weighted by atomic mass is 32.3. The number of carbonyl (C=O) groups excluding carboxylic acids is 1. The van der Waals surface area contributed by atoms with Crippen LogP contribution in [0.5, 0.6) is 0 Å².